The van der Waals surface area contributed by atoms with E-state index in [1.54, 1.807) is 6.07 Å². The van der Waals surface area contributed by atoms with Crippen LogP contribution in [0.3, 0.4) is 0 Å². The zero-order chi connectivity index (χ0) is 29.5. The quantitative estimate of drug-likeness (QED) is 0.402. The summed E-state index contributed by atoms with van der Waals surface area (Å²) in [5.74, 6) is 1.29. The Labute approximate surface area is 240 Å². The van der Waals surface area contributed by atoms with Gasteiger partial charge in [-0.15, -0.1) is 0 Å². The Bertz CT molecular complexity index is 921. The smallest absolute Gasteiger partial charge is 0.385 e. The van der Waals surface area contributed by atoms with Gasteiger partial charge in [0, 0.05) is 24.8 Å². The van der Waals surface area contributed by atoms with Crippen LogP contribution in [0.5, 0.6) is 0 Å². The predicted molar refractivity (Wildman–Crippen MR) is 161 cm³/mol. The zero-order valence-corrected chi connectivity index (χ0v) is 24.9. The first kappa shape index (κ1) is 33.8. The molecule has 2 aromatic carbocycles. The van der Waals surface area contributed by atoms with Crippen LogP contribution in [-0.4, -0.2) is 62.4 Å². The first-order valence-electron chi connectivity index (χ1n) is 15.0. The highest BCUT2D eigenvalue weighted by Gasteiger charge is 2.39. The first-order chi connectivity index (χ1) is 19.3. The second kappa shape index (κ2) is 17.4. The zero-order valence-electron chi connectivity index (χ0n) is 24.9. The summed E-state index contributed by atoms with van der Waals surface area (Å²) in [5.41, 5.74) is 1.29. The summed E-state index contributed by atoms with van der Waals surface area (Å²) in [6, 6.07) is 16.9. The maximum atomic E-state index is 13.3. The summed E-state index contributed by atoms with van der Waals surface area (Å²) >= 11 is 0. The fourth-order valence-electron chi connectivity index (χ4n) is 6.35. The molecule has 5 rings (SSSR count). The lowest BCUT2D eigenvalue weighted by atomic mass is 9.68. The number of likely N-dealkylation sites (tertiary alicyclic amines) is 1. The average molecular weight is 562 g/mol. The summed E-state index contributed by atoms with van der Waals surface area (Å²) in [7, 11) is 2.20. The summed E-state index contributed by atoms with van der Waals surface area (Å²) in [4.78, 5) is 13.1. The van der Waals surface area contributed by atoms with Gasteiger partial charge in [-0.3, -0.25) is 0 Å². The van der Waals surface area contributed by atoms with Gasteiger partial charge in [0.05, 0.1) is 5.56 Å². The Morgan fingerprint density at radius 2 is 1.57 bits per heavy atom. The van der Waals surface area contributed by atoms with Gasteiger partial charge in [-0.05, 0) is 107 Å². The van der Waals surface area contributed by atoms with E-state index in [1.807, 2.05) is 57.0 Å². The number of hydrogen-bond donors (Lipinski definition) is 1. The molecule has 3 aliphatic rings. The van der Waals surface area contributed by atoms with Crippen molar-refractivity contribution in [3.05, 3.63) is 65.7 Å². The van der Waals surface area contributed by atoms with Crippen LogP contribution in [0.25, 0.3) is 0 Å². The fraction of sp³-hybridized carbons (Fsp3) is 0.606. The summed E-state index contributed by atoms with van der Waals surface area (Å²) in [6.07, 6.45) is 2.69. The van der Waals surface area contributed by atoms with Crippen molar-refractivity contribution in [1.82, 2.24) is 9.80 Å². The van der Waals surface area contributed by atoms with Crippen LogP contribution in [-0.2, 0) is 11.0 Å². The van der Waals surface area contributed by atoms with E-state index in [0.717, 1.165) is 50.1 Å². The molecular weight excluding hydrogens is 511 g/mol. The molecule has 2 aliphatic heterocycles. The molecule has 0 radical (unpaired) electrons. The molecule has 4 nitrogen and oxygen atoms in total. The van der Waals surface area contributed by atoms with Crippen molar-refractivity contribution >= 4 is 12.5 Å². The van der Waals surface area contributed by atoms with Crippen LogP contribution in [0.1, 0.15) is 76.3 Å². The highest BCUT2D eigenvalue weighted by atomic mass is 19.4. The fourth-order valence-corrected chi connectivity index (χ4v) is 6.35. The van der Waals surface area contributed by atoms with E-state index in [1.165, 1.54) is 44.5 Å². The number of rotatable bonds is 5. The number of benzene rings is 2. The SMILES string of the molecule is C=O.CC.CCCN(CC1CCC2CNc3ccc(C(F)(F)F)cc3C2C1)C1CCN(C)CC1.c1ccccc1. The normalized spacial score (nSPS) is 22.6. The van der Waals surface area contributed by atoms with Gasteiger partial charge in [0.25, 0.3) is 0 Å². The third kappa shape index (κ3) is 9.91. The minimum Gasteiger partial charge on any atom is -0.385 e. The molecule has 7 heteroatoms. The summed E-state index contributed by atoms with van der Waals surface area (Å²) in [6.45, 7) is 13.7. The molecule has 0 spiro atoms. The Kier molecular flexibility index (Phi) is 14.7. The molecule has 0 bridgehead atoms. The standard InChI is InChI=1S/C24H36F3N3.C6H6.C2H6.CH2O/c1-3-10-30(20-8-11-29(2)12-9-20)16-17-4-5-18-15-28-23-7-6-19(24(25,26)27)14-22(23)21(18)13-17;1-2-4-6-5-3-1;2*1-2/h6-7,14,17-18,20-21,28H,3-5,8-13,15-16H2,1-2H3;1-6H;1-2H3;1H2. The molecule has 40 heavy (non-hydrogen) atoms. The number of nitrogens with zero attached hydrogens (tertiary/aromatic N) is 2. The molecule has 2 fully saturated rings. The molecule has 2 heterocycles. The van der Waals surface area contributed by atoms with Gasteiger partial charge >= 0.3 is 6.18 Å². The topological polar surface area (TPSA) is 35.6 Å². The van der Waals surface area contributed by atoms with Gasteiger partial charge in [-0.2, -0.15) is 13.2 Å². The van der Waals surface area contributed by atoms with E-state index in [-0.39, 0.29) is 5.92 Å². The van der Waals surface area contributed by atoms with E-state index in [9.17, 15) is 13.2 Å². The summed E-state index contributed by atoms with van der Waals surface area (Å²) < 4.78 is 40.0. The van der Waals surface area contributed by atoms with Crippen LogP contribution < -0.4 is 5.32 Å². The summed E-state index contributed by atoms with van der Waals surface area (Å²) in [5, 5.41) is 3.39. The van der Waals surface area contributed by atoms with Crippen LogP contribution in [0, 0.1) is 11.8 Å². The van der Waals surface area contributed by atoms with Gasteiger partial charge in [0.1, 0.15) is 6.79 Å². The van der Waals surface area contributed by atoms with Gasteiger partial charge in [0.2, 0.25) is 0 Å². The highest BCUT2D eigenvalue weighted by Crippen LogP contribution is 2.47. The lowest BCUT2D eigenvalue weighted by Crippen LogP contribution is -2.46. The molecular formula is C33H50F3N3O. The van der Waals surface area contributed by atoms with E-state index >= 15 is 0 Å². The number of anilines is 1. The Hall–Kier alpha value is -2.38. The number of halogens is 3. The van der Waals surface area contributed by atoms with E-state index in [4.69, 9.17) is 4.79 Å². The van der Waals surface area contributed by atoms with Crippen LogP contribution in [0.4, 0.5) is 18.9 Å². The van der Waals surface area contributed by atoms with Crippen LogP contribution >= 0.6 is 0 Å². The second-order valence-electron chi connectivity index (χ2n) is 10.9. The van der Waals surface area contributed by atoms with Gasteiger partial charge in [0.15, 0.2) is 0 Å². The average Bonchev–Trinajstić information content (AvgIpc) is 3.00. The minimum absolute atomic E-state index is 0.253. The lowest BCUT2D eigenvalue weighted by molar-refractivity contribution is -0.137. The molecule has 1 aliphatic carbocycles. The number of carbonyl (C=O) groups excluding carboxylic acids is 1. The monoisotopic (exact) mass is 561 g/mol. The van der Waals surface area contributed by atoms with Crippen molar-refractivity contribution in [2.45, 2.75) is 77.4 Å². The Balaban J connectivity index is 0.000000482. The molecule has 1 saturated carbocycles. The molecule has 224 valence electrons. The van der Waals surface area contributed by atoms with Gasteiger partial charge in [-0.25, -0.2) is 0 Å². The maximum absolute atomic E-state index is 13.3. The van der Waals surface area contributed by atoms with Gasteiger partial charge in [-0.1, -0.05) is 57.2 Å². The Morgan fingerprint density at radius 3 is 2.12 bits per heavy atom. The highest BCUT2D eigenvalue weighted by molar-refractivity contribution is 5.57. The van der Waals surface area contributed by atoms with Crippen molar-refractivity contribution in [2.75, 3.05) is 45.1 Å². The number of fused-ring (bicyclic) bond motifs is 3. The van der Waals surface area contributed by atoms with E-state index in [2.05, 4.69) is 29.1 Å². The molecule has 2 aromatic rings. The molecule has 1 saturated heterocycles. The van der Waals surface area contributed by atoms with Crippen molar-refractivity contribution in [3.63, 3.8) is 0 Å². The van der Waals surface area contributed by atoms with E-state index < -0.39 is 11.7 Å². The third-order valence-electron chi connectivity index (χ3n) is 8.31. The van der Waals surface area contributed by atoms with Crippen molar-refractivity contribution in [1.29, 1.82) is 0 Å². The third-order valence-corrected chi connectivity index (χ3v) is 8.31. The van der Waals surface area contributed by atoms with Gasteiger partial charge < -0.3 is 19.9 Å². The molecule has 3 unspecified atom stereocenters. The van der Waals surface area contributed by atoms with Crippen LogP contribution in [0.15, 0.2) is 54.6 Å². The molecule has 0 amide bonds. The Morgan fingerprint density at radius 1 is 0.975 bits per heavy atom. The lowest BCUT2D eigenvalue weighted by Gasteiger charge is -2.44. The number of carbonyl (C=O) groups is 1. The minimum atomic E-state index is -4.28. The number of piperidine rings is 1. The largest absolute Gasteiger partial charge is 0.416 e. The van der Waals surface area contributed by atoms with Crippen molar-refractivity contribution < 1.29 is 18.0 Å². The first-order valence-corrected chi connectivity index (χ1v) is 15.0. The van der Waals surface area contributed by atoms with E-state index in [0.29, 0.717) is 17.9 Å². The van der Waals surface area contributed by atoms with Crippen molar-refractivity contribution in [3.8, 4) is 0 Å². The number of hydrogen-bond acceptors (Lipinski definition) is 4. The number of nitrogens with one attached hydrogen (secondary N) is 1. The molecule has 1 N–H and O–H groups in total. The number of alkyl halides is 3. The van der Waals surface area contributed by atoms with Crippen LogP contribution in [0.2, 0.25) is 0 Å². The van der Waals surface area contributed by atoms with Crippen molar-refractivity contribution in [2.24, 2.45) is 11.8 Å². The second-order valence-corrected chi connectivity index (χ2v) is 10.9. The maximum Gasteiger partial charge on any atom is 0.416 e. The predicted octanol–water partition coefficient (Wildman–Crippen LogP) is 7.96. The molecule has 0 aromatic heterocycles. The molecule has 3 atom stereocenters.